The van der Waals surface area contributed by atoms with Gasteiger partial charge in [-0.25, -0.2) is 0 Å². The van der Waals surface area contributed by atoms with E-state index in [2.05, 4.69) is 0 Å². The second-order valence-electron chi connectivity index (χ2n) is 0. The molecule has 24 valence electrons. The van der Waals surface area contributed by atoms with Crippen LogP contribution in [0, 0.1) is 0 Å². The summed E-state index contributed by atoms with van der Waals surface area (Å²) in [6, 6.07) is 0. The van der Waals surface area contributed by atoms with Crippen LogP contribution in [0.5, 0.6) is 0 Å². The Labute approximate surface area is 89.7 Å². The first-order chi connectivity index (χ1) is 0. The van der Waals surface area contributed by atoms with E-state index in [1.165, 1.54) is 0 Å². The van der Waals surface area contributed by atoms with Gasteiger partial charge >= 0.3 is 59.1 Å². The monoisotopic (exact) mass is 131 g/mol. The normalized spacial score (nSPS) is 0. The Hall–Kier alpha value is 2.60. The van der Waals surface area contributed by atoms with Crippen molar-refractivity contribution in [2.24, 2.45) is 0 Å². The van der Waals surface area contributed by atoms with Gasteiger partial charge in [-0.3, -0.25) is 0 Å². The second-order valence-corrected chi connectivity index (χ2v) is 0. The first-order valence-electron chi connectivity index (χ1n) is 0. The molecule has 0 aromatic rings. The third kappa shape index (κ3) is 20.7. The van der Waals surface area contributed by atoms with Gasteiger partial charge in [-0.1, -0.05) is 0 Å². The van der Waals surface area contributed by atoms with E-state index >= 15 is 0 Å². The van der Waals surface area contributed by atoms with Crippen LogP contribution in [0.2, 0.25) is 0 Å². The molecule has 0 aliphatic carbocycles. The molecule has 0 unspecified atom stereocenters. The fraction of sp³-hybridized carbons (Fsp3) is 0. The Balaban J connectivity index is 0. The molecule has 0 rings (SSSR count). The molecule has 5 heteroatoms. The molecule has 0 saturated carbocycles. The molecule has 0 aromatic heterocycles. The number of halogens is 1. The van der Waals surface area contributed by atoms with Gasteiger partial charge in [0.25, 0.3) is 0 Å². The van der Waals surface area contributed by atoms with Crippen molar-refractivity contribution in [2.75, 3.05) is 0 Å². The quantitative estimate of drug-likeness (QED) is 0.327. The van der Waals surface area contributed by atoms with Gasteiger partial charge in [0.2, 0.25) is 0 Å². The van der Waals surface area contributed by atoms with Crippen LogP contribution in [0.15, 0.2) is 0 Å². The van der Waals surface area contributed by atoms with Crippen molar-refractivity contribution in [3.05, 3.63) is 0 Å². The third-order valence-corrected chi connectivity index (χ3v) is 0. The largest absolute Gasteiger partial charge is 2.00 e. The first-order valence-corrected chi connectivity index (χ1v) is 0. The number of hydrogen-bond donors (Lipinski definition) is 1. The van der Waals surface area contributed by atoms with E-state index in [4.69, 9.17) is 0 Å². The van der Waals surface area contributed by atoms with Gasteiger partial charge in [-0.05, 0) is 0 Å². The van der Waals surface area contributed by atoms with Crippen molar-refractivity contribution in [3.63, 3.8) is 0 Å². The maximum absolute atomic E-state index is 0. The van der Waals surface area contributed by atoms with Crippen LogP contribution >= 0.6 is 12.4 Å². The van der Waals surface area contributed by atoms with Crippen molar-refractivity contribution < 1.29 is 59.1 Å². The van der Waals surface area contributed by atoms with Gasteiger partial charge in [0.15, 0.2) is 0 Å². The van der Waals surface area contributed by atoms with Crippen molar-refractivity contribution in [2.45, 2.75) is 0 Å². The van der Waals surface area contributed by atoms with Crippen LogP contribution < -0.4 is 65.3 Å². The van der Waals surface area contributed by atoms with Gasteiger partial charge in [-0.15, -0.1) is 12.4 Å². The molecule has 0 aliphatic rings. The molecule has 0 spiro atoms. The third-order valence-electron chi connectivity index (χ3n) is 0. The summed E-state index contributed by atoms with van der Waals surface area (Å²) >= 11 is 0. The Morgan fingerprint density at radius 3 is 0.800 bits per heavy atom. The van der Waals surface area contributed by atoms with E-state index in [-0.39, 0.29) is 91.2 Å². The zero-order valence-corrected chi connectivity index (χ0v) is 9.16. The minimum atomic E-state index is 0. The molecule has 0 heterocycles. The van der Waals surface area contributed by atoms with E-state index in [9.17, 15) is 0 Å². The summed E-state index contributed by atoms with van der Waals surface area (Å²) in [6.45, 7) is 0. The molecule has 0 atom stereocenters. The average molecular weight is 132 g/mol. The summed E-state index contributed by atoms with van der Waals surface area (Å²) in [6.07, 6.45) is 0. The first kappa shape index (κ1) is 49.0. The van der Waals surface area contributed by atoms with E-state index in [0.29, 0.717) is 0 Å². The topological polar surface area (TPSA) is 35.0 Å². The minimum Gasteiger partial charge on any atom is -2.00 e. The van der Waals surface area contributed by atoms with Crippen molar-refractivity contribution in [1.29, 1.82) is 0 Å². The summed E-state index contributed by atoms with van der Waals surface area (Å²) in [4.78, 5) is 0. The van der Waals surface area contributed by atoms with Crippen LogP contribution in [0.1, 0.15) is 0 Å². The van der Waals surface area contributed by atoms with Crippen LogP contribution in [-0.2, 0) is 13.5 Å². The predicted octanol–water partition coefficient (Wildman–Crippen LogP) is -5.41. The molecule has 0 aliphatic heterocycles. The number of rotatable bonds is 0. The minimum absolute atomic E-state index is 0. The maximum atomic E-state index is 0. The van der Waals surface area contributed by atoms with Crippen LogP contribution in [0.25, 0.3) is 0 Å². The summed E-state index contributed by atoms with van der Waals surface area (Å²) in [7, 11) is 0. The molecule has 0 saturated heterocycles. The van der Waals surface area contributed by atoms with Crippen LogP contribution in [0.4, 0.5) is 0 Å². The molecule has 0 fully saturated rings. The zero-order chi connectivity index (χ0) is 0. The Kier molecular flexibility index (Phi) is 300. The molecular weight excluding hydrogens is 128 g/mol. The number of hydrogen-bond acceptors (Lipinski definition) is 1. The van der Waals surface area contributed by atoms with E-state index in [0.717, 1.165) is 0 Å². The molecule has 0 aromatic carbocycles. The van der Waals surface area contributed by atoms with Gasteiger partial charge in [0.1, 0.15) is 0 Å². The van der Waals surface area contributed by atoms with Crippen LogP contribution in [-0.4, -0.2) is 0 Å². The summed E-state index contributed by atoms with van der Waals surface area (Å²) in [5.41, 5.74) is 0. The fourth-order valence-corrected chi connectivity index (χ4v) is 0. The van der Waals surface area contributed by atoms with E-state index < -0.39 is 0 Å². The summed E-state index contributed by atoms with van der Waals surface area (Å²) in [5.74, 6) is 0. The van der Waals surface area contributed by atoms with E-state index in [1.54, 1.807) is 0 Å². The van der Waals surface area contributed by atoms with Crippen molar-refractivity contribution >= 4 is 25.9 Å². The zero-order valence-electron chi connectivity index (χ0n) is 3.52. The Morgan fingerprint density at radius 1 is 0.800 bits per heavy atom. The fourth-order valence-electron chi connectivity index (χ4n) is 0. The standard InChI is InChI=1S/ClH.H3N.2Na.S/h1H;1H3;;;/q;;2*+1;-2. The van der Waals surface area contributed by atoms with Gasteiger partial charge in [-0.2, -0.15) is 0 Å². The summed E-state index contributed by atoms with van der Waals surface area (Å²) < 4.78 is 0. The molecule has 0 amide bonds. The molecule has 0 radical (unpaired) electrons. The molecular formula is H4ClNNa2S. The van der Waals surface area contributed by atoms with Gasteiger partial charge in [0.05, 0.1) is 0 Å². The van der Waals surface area contributed by atoms with Crippen molar-refractivity contribution in [3.8, 4) is 0 Å². The smallest absolute Gasteiger partial charge is 1.00 e. The van der Waals surface area contributed by atoms with Gasteiger partial charge in [0, 0.05) is 0 Å². The van der Waals surface area contributed by atoms with Crippen molar-refractivity contribution in [1.82, 2.24) is 6.15 Å². The molecule has 0 bridgehead atoms. The predicted molar refractivity (Wildman–Crippen MR) is 19.6 cm³/mol. The summed E-state index contributed by atoms with van der Waals surface area (Å²) in [5, 5.41) is 0. The molecule has 5 heavy (non-hydrogen) atoms. The molecule has 3 N–H and O–H groups in total. The molecule has 1 nitrogen and oxygen atoms in total. The average Bonchev–Trinajstić information content (AvgIpc) is 0. The Morgan fingerprint density at radius 2 is 0.800 bits per heavy atom. The maximum Gasteiger partial charge on any atom is 1.00 e. The van der Waals surface area contributed by atoms with Gasteiger partial charge < -0.3 is 19.6 Å². The van der Waals surface area contributed by atoms with Crippen LogP contribution in [0.3, 0.4) is 0 Å². The van der Waals surface area contributed by atoms with E-state index in [1.807, 2.05) is 0 Å². The SMILES string of the molecule is Cl.N.[Na+].[Na+].[S-2]. The second kappa shape index (κ2) is 30.6. The Bertz CT molecular complexity index is 9.61.